The summed E-state index contributed by atoms with van der Waals surface area (Å²) in [5.74, 6) is 0.0749. The number of aliphatic hydroxyl groups is 1. The minimum absolute atomic E-state index is 0.213. The number of halogens is 2. The standard InChI is InChI=1S/C9H7BrFN3O/c10-7-3-6(1-2-8(7)11)14-5-12-13-9(14)4-15/h1-3,5,15H,4H2. The van der Waals surface area contributed by atoms with Crippen LogP contribution in [0.1, 0.15) is 5.82 Å². The molecular weight excluding hydrogens is 265 g/mol. The Hall–Kier alpha value is -1.27. The maximum Gasteiger partial charge on any atom is 0.163 e. The molecule has 0 unspecified atom stereocenters. The Bertz CT molecular complexity index is 486. The van der Waals surface area contributed by atoms with Crippen LogP contribution in [0.5, 0.6) is 0 Å². The van der Waals surface area contributed by atoms with Crippen LogP contribution in [0.3, 0.4) is 0 Å². The quantitative estimate of drug-likeness (QED) is 0.904. The Morgan fingerprint density at radius 3 is 2.93 bits per heavy atom. The van der Waals surface area contributed by atoms with Crippen LogP contribution in [-0.2, 0) is 6.61 Å². The highest BCUT2D eigenvalue weighted by molar-refractivity contribution is 9.10. The van der Waals surface area contributed by atoms with Crippen molar-refractivity contribution in [3.8, 4) is 5.69 Å². The maximum absolute atomic E-state index is 13.0. The van der Waals surface area contributed by atoms with Gasteiger partial charge in [0.15, 0.2) is 5.82 Å². The molecule has 0 radical (unpaired) electrons. The Kier molecular flexibility index (Phi) is 2.79. The van der Waals surface area contributed by atoms with Gasteiger partial charge >= 0.3 is 0 Å². The van der Waals surface area contributed by atoms with E-state index in [1.807, 2.05) is 0 Å². The van der Waals surface area contributed by atoms with Gasteiger partial charge in [-0.05, 0) is 34.1 Å². The number of hydrogen-bond acceptors (Lipinski definition) is 3. The molecule has 2 aromatic rings. The van der Waals surface area contributed by atoms with Crippen molar-refractivity contribution in [2.45, 2.75) is 6.61 Å². The summed E-state index contributed by atoms with van der Waals surface area (Å²) in [7, 11) is 0. The first-order valence-corrected chi connectivity index (χ1v) is 4.97. The van der Waals surface area contributed by atoms with Crippen molar-refractivity contribution in [3.05, 3.63) is 40.6 Å². The summed E-state index contributed by atoms with van der Waals surface area (Å²) < 4.78 is 14.9. The molecule has 0 aliphatic carbocycles. The van der Waals surface area contributed by atoms with Gasteiger partial charge < -0.3 is 5.11 Å². The van der Waals surface area contributed by atoms with Gasteiger partial charge in [-0.25, -0.2) is 4.39 Å². The van der Waals surface area contributed by atoms with Crippen LogP contribution in [0.4, 0.5) is 4.39 Å². The summed E-state index contributed by atoms with van der Waals surface area (Å²) in [6.45, 7) is -0.213. The van der Waals surface area contributed by atoms with Gasteiger partial charge in [0.25, 0.3) is 0 Å². The molecular formula is C9H7BrFN3O. The molecule has 0 aliphatic heterocycles. The molecule has 4 nitrogen and oxygen atoms in total. The van der Waals surface area contributed by atoms with E-state index in [1.54, 1.807) is 16.7 Å². The van der Waals surface area contributed by atoms with Crippen LogP contribution >= 0.6 is 15.9 Å². The van der Waals surface area contributed by atoms with E-state index in [2.05, 4.69) is 26.1 Å². The Morgan fingerprint density at radius 2 is 2.27 bits per heavy atom. The highest BCUT2D eigenvalue weighted by Gasteiger charge is 2.06. The molecule has 0 fully saturated rings. The lowest BCUT2D eigenvalue weighted by Crippen LogP contribution is -2.00. The summed E-state index contributed by atoms with van der Waals surface area (Å²) in [6, 6.07) is 4.51. The van der Waals surface area contributed by atoms with Gasteiger partial charge in [-0.3, -0.25) is 4.57 Å². The third-order valence-corrected chi connectivity index (χ3v) is 2.55. The SMILES string of the molecule is OCc1nncn1-c1ccc(F)c(Br)c1. The number of aromatic nitrogens is 3. The van der Waals surface area contributed by atoms with Crippen molar-refractivity contribution in [1.82, 2.24) is 14.8 Å². The van der Waals surface area contributed by atoms with Gasteiger partial charge in [0.2, 0.25) is 0 Å². The lowest BCUT2D eigenvalue weighted by molar-refractivity contribution is 0.269. The molecule has 0 amide bonds. The van der Waals surface area contributed by atoms with Crippen LogP contribution in [0, 0.1) is 5.82 Å². The first-order valence-electron chi connectivity index (χ1n) is 4.17. The maximum atomic E-state index is 13.0. The predicted octanol–water partition coefficient (Wildman–Crippen LogP) is 1.66. The Balaban J connectivity index is 2.50. The smallest absolute Gasteiger partial charge is 0.163 e. The second-order valence-corrected chi connectivity index (χ2v) is 3.73. The fourth-order valence-electron chi connectivity index (χ4n) is 1.22. The third kappa shape index (κ3) is 1.91. The molecule has 6 heteroatoms. The molecule has 0 saturated heterocycles. The molecule has 0 atom stereocenters. The van der Waals surface area contributed by atoms with Gasteiger partial charge in [0.05, 0.1) is 4.47 Å². The first-order chi connectivity index (χ1) is 7.22. The van der Waals surface area contributed by atoms with E-state index >= 15 is 0 Å². The van der Waals surface area contributed by atoms with Crippen molar-refractivity contribution in [3.63, 3.8) is 0 Å². The molecule has 0 bridgehead atoms. The number of benzene rings is 1. The molecule has 78 valence electrons. The summed E-state index contributed by atoms with van der Waals surface area (Å²) in [4.78, 5) is 0. The molecule has 1 aromatic carbocycles. The van der Waals surface area contributed by atoms with Crippen LogP contribution in [0.15, 0.2) is 29.0 Å². The molecule has 0 aliphatic rings. The van der Waals surface area contributed by atoms with E-state index in [0.29, 0.717) is 16.0 Å². The second kappa shape index (κ2) is 4.08. The van der Waals surface area contributed by atoms with Crippen molar-refractivity contribution < 1.29 is 9.50 Å². The zero-order valence-electron chi connectivity index (χ0n) is 7.56. The lowest BCUT2D eigenvalue weighted by atomic mass is 10.3. The van der Waals surface area contributed by atoms with Gasteiger partial charge in [0.1, 0.15) is 18.8 Å². The van der Waals surface area contributed by atoms with E-state index in [0.717, 1.165) is 0 Å². The Morgan fingerprint density at radius 1 is 1.47 bits per heavy atom. The number of hydrogen-bond donors (Lipinski definition) is 1. The fourth-order valence-corrected chi connectivity index (χ4v) is 1.58. The van der Waals surface area contributed by atoms with Crippen LogP contribution in [0.2, 0.25) is 0 Å². The van der Waals surface area contributed by atoms with E-state index < -0.39 is 0 Å². The zero-order chi connectivity index (χ0) is 10.8. The zero-order valence-corrected chi connectivity index (χ0v) is 9.15. The summed E-state index contributed by atoms with van der Waals surface area (Å²) in [5, 5.41) is 16.4. The minimum Gasteiger partial charge on any atom is -0.388 e. The van der Waals surface area contributed by atoms with Gasteiger partial charge in [-0.1, -0.05) is 0 Å². The van der Waals surface area contributed by atoms with Crippen molar-refractivity contribution in [2.75, 3.05) is 0 Å². The average Bonchev–Trinajstić information content (AvgIpc) is 2.70. The molecule has 1 N–H and O–H groups in total. The van der Waals surface area contributed by atoms with Gasteiger partial charge in [-0.2, -0.15) is 0 Å². The number of nitrogens with zero attached hydrogens (tertiary/aromatic N) is 3. The van der Waals surface area contributed by atoms with Gasteiger partial charge in [-0.15, -0.1) is 10.2 Å². The van der Waals surface area contributed by atoms with E-state index in [4.69, 9.17) is 5.11 Å². The monoisotopic (exact) mass is 271 g/mol. The van der Waals surface area contributed by atoms with Crippen molar-refractivity contribution in [1.29, 1.82) is 0 Å². The Labute approximate surface area is 93.5 Å². The van der Waals surface area contributed by atoms with Crippen molar-refractivity contribution in [2.24, 2.45) is 0 Å². The predicted molar refractivity (Wildman–Crippen MR) is 54.9 cm³/mol. The largest absolute Gasteiger partial charge is 0.388 e. The fraction of sp³-hybridized carbons (Fsp3) is 0.111. The molecule has 0 spiro atoms. The molecule has 1 aromatic heterocycles. The van der Waals surface area contributed by atoms with E-state index in [1.165, 1.54) is 12.4 Å². The molecule has 0 saturated carbocycles. The summed E-state index contributed by atoms with van der Waals surface area (Å²) in [5.41, 5.74) is 0.692. The summed E-state index contributed by atoms with van der Waals surface area (Å²) in [6.07, 6.45) is 1.46. The highest BCUT2D eigenvalue weighted by Crippen LogP contribution is 2.19. The lowest BCUT2D eigenvalue weighted by Gasteiger charge is -2.05. The van der Waals surface area contributed by atoms with Crippen LogP contribution in [-0.4, -0.2) is 19.9 Å². The number of aliphatic hydroxyl groups excluding tert-OH is 1. The molecule has 15 heavy (non-hydrogen) atoms. The highest BCUT2D eigenvalue weighted by atomic mass is 79.9. The topological polar surface area (TPSA) is 50.9 Å². The summed E-state index contributed by atoms with van der Waals surface area (Å²) >= 11 is 3.09. The second-order valence-electron chi connectivity index (χ2n) is 2.87. The average molecular weight is 272 g/mol. The van der Waals surface area contributed by atoms with Crippen LogP contribution < -0.4 is 0 Å². The van der Waals surface area contributed by atoms with E-state index in [9.17, 15) is 4.39 Å². The van der Waals surface area contributed by atoms with E-state index in [-0.39, 0.29) is 12.4 Å². The van der Waals surface area contributed by atoms with Crippen molar-refractivity contribution >= 4 is 15.9 Å². The number of rotatable bonds is 2. The van der Waals surface area contributed by atoms with Crippen LogP contribution in [0.25, 0.3) is 5.69 Å². The molecule has 2 rings (SSSR count). The normalized spacial score (nSPS) is 10.6. The van der Waals surface area contributed by atoms with Gasteiger partial charge in [0, 0.05) is 5.69 Å². The minimum atomic E-state index is -0.336. The third-order valence-electron chi connectivity index (χ3n) is 1.94. The first kappa shape index (κ1) is 10.3. The molecule has 1 heterocycles.